The Morgan fingerprint density at radius 2 is 1.90 bits per heavy atom. The number of hydrogen-bond donors (Lipinski definition) is 1. The van der Waals surface area contributed by atoms with Crippen molar-refractivity contribution in [2.45, 2.75) is 26.3 Å². The van der Waals surface area contributed by atoms with Gasteiger partial charge in [0, 0.05) is 36.9 Å². The van der Waals surface area contributed by atoms with Crippen molar-refractivity contribution in [3.8, 4) is 5.75 Å². The molecule has 4 aromatic rings. The highest BCUT2D eigenvalue weighted by molar-refractivity contribution is 6.30. The van der Waals surface area contributed by atoms with Gasteiger partial charge in [0.1, 0.15) is 22.9 Å². The third kappa shape index (κ3) is 6.01. The fourth-order valence-corrected chi connectivity index (χ4v) is 4.77. The molecule has 2 aromatic carbocycles. The Balaban J connectivity index is 1.21. The van der Waals surface area contributed by atoms with Crippen LogP contribution in [0.5, 0.6) is 5.75 Å². The lowest BCUT2D eigenvalue weighted by molar-refractivity contribution is -0.274. The van der Waals surface area contributed by atoms with Gasteiger partial charge in [-0.3, -0.25) is 9.20 Å². The summed E-state index contributed by atoms with van der Waals surface area (Å²) < 4.78 is 57.7. The van der Waals surface area contributed by atoms with Gasteiger partial charge < -0.3 is 15.0 Å². The van der Waals surface area contributed by atoms with Crippen molar-refractivity contribution in [3.05, 3.63) is 100 Å². The minimum Gasteiger partial charge on any atom is -0.406 e. The molecule has 5 rings (SSSR count). The molecule has 0 radical (unpaired) electrons. The van der Waals surface area contributed by atoms with E-state index >= 15 is 4.39 Å². The Morgan fingerprint density at radius 1 is 1.13 bits per heavy atom. The number of carbonyl (C=O) groups excluding carboxylic acids is 1. The van der Waals surface area contributed by atoms with Gasteiger partial charge in [0.05, 0.1) is 11.4 Å². The van der Waals surface area contributed by atoms with Crippen molar-refractivity contribution in [1.82, 2.24) is 14.7 Å². The summed E-state index contributed by atoms with van der Waals surface area (Å²) in [7, 11) is 0. The number of amides is 1. The van der Waals surface area contributed by atoms with Crippen LogP contribution in [-0.2, 0) is 6.54 Å². The quantitative estimate of drug-likeness (QED) is 0.272. The van der Waals surface area contributed by atoms with Gasteiger partial charge in [0.2, 0.25) is 0 Å². The molecule has 202 valence electrons. The molecule has 0 atom stereocenters. The molecule has 6 nitrogen and oxygen atoms in total. The molecule has 3 heterocycles. The highest BCUT2D eigenvalue weighted by Crippen LogP contribution is 2.30. The van der Waals surface area contributed by atoms with Crippen LogP contribution in [0.1, 0.15) is 33.7 Å². The lowest BCUT2D eigenvalue weighted by atomic mass is 9.99. The third-order valence-electron chi connectivity index (χ3n) is 6.45. The smallest absolute Gasteiger partial charge is 0.406 e. The summed E-state index contributed by atoms with van der Waals surface area (Å²) in [5.74, 6) is -1.02. The van der Waals surface area contributed by atoms with Crippen LogP contribution in [0.15, 0.2) is 66.9 Å². The summed E-state index contributed by atoms with van der Waals surface area (Å²) in [6.45, 7) is 2.85. The van der Waals surface area contributed by atoms with Crippen LogP contribution in [0.2, 0.25) is 5.02 Å². The normalized spacial score (nSPS) is 13.9. The van der Waals surface area contributed by atoms with E-state index in [-0.39, 0.29) is 18.2 Å². The molecule has 0 spiro atoms. The van der Waals surface area contributed by atoms with Gasteiger partial charge in [-0.15, -0.1) is 13.2 Å². The van der Waals surface area contributed by atoms with E-state index in [4.69, 9.17) is 11.6 Å². The number of aryl methyl sites for hydroxylation is 1. The minimum absolute atomic E-state index is 0.133. The molecule has 0 saturated heterocycles. The molecule has 0 saturated carbocycles. The van der Waals surface area contributed by atoms with E-state index in [1.807, 2.05) is 11.0 Å². The number of pyridine rings is 1. The summed E-state index contributed by atoms with van der Waals surface area (Å²) >= 11 is 6.01. The maximum Gasteiger partial charge on any atom is 0.573 e. The van der Waals surface area contributed by atoms with E-state index in [2.05, 4.69) is 15.0 Å². The molecule has 1 N–H and O–H groups in total. The number of benzene rings is 2. The minimum atomic E-state index is -4.74. The fraction of sp³-hybridized carbons (Fsp3) is 0.214. The van der Waals surface area contributed by atoms with Crippen LogP contribution < -0.4 is 15.0 Å². The number of nitrogens with one attached hydrogen (secondary N) is 1. The second-order valence-corrected chi connectivity index (χ2v) is 9.52. The van der Waals surface area contributed by atoms with Crippen molar-refractivity contribution in [2.24, 2.45) is 0 Å². The maximum atomic E-state index is 15.0. The number of imidazole rings is 1. The largest absolute Gasteiger partial charge is 0.573 e. The summed E-state index contributed by atoms with van der Waals surface area (Å²) in [4.78, 5) is 19.1. The number of carbonyl (C=O) groups is 1. The first-order chi connectivity index (χ1) is 18.6. The standard InChI is InChI=1S/C28H23ClF4N4O2/c1-17-26(37-13-10-21(29)15-25(37)35-17)27(38)34-16-18-2-7-24(23(30)14-18)36-11-8-20(9-12-36)19-3-5-22(6-4-19)39-28(31,32)33/h2-8,10,13-15H,9,11-12,16H2,1H3,(H,34,38). The van der Waals surface area contributed by atoms with Crippen molar-refractivity contribution in [3.63, 3.8) is 0 Å². The lowest BCUT2D eigenvalue weighted by Gasteiger charge is -2.29. The van der Waals surface area contributed by atoms with E-state index in [1.54, 1.807) is 53.9 Å². The molecule has 39 heavy (non-hydrogen) atoms. The molecule has 0 aliphatic carbocycles. The number of aromatic nitrogens is 2. The topological polar surface area (TPSA) is 58.9 Å². The summed E-state index contributed by atoms with van der Waals surface area (Å²) in [5, 5.41) is 3.34. The van der Waals surface area contributed by atoms with Crippen LogP contribution in [0, 0.1) is 12.7 Å². The van der Waals surface area contributed by atoms with Gasteiger partial charge in [-0.25, -0.2) is 9.37 Å². The van der Waals surface area contributed by atoms with Crippen LogP contribution in [0.4, 0.5) is 23.2 Å². The van der Waals surface area contributed by atoms with Crippen molar-refractivity contribution in [1.29, 1.82) is 0 Å². The summed E-state index contributed by atoms with van der Waals surface area (Å²) in [5.41, 5.74) is 4.30. The van der Waals surface area contributed by atoms with Crippen molar-refractivity contribution < 1.29 is 27.1 Å². The number of alkyl halides is 3. The van der Waals surface area contributed by atoms with E-state index in [0.717, 1.165) is 11.1 Å². The van der Waals surface area contributed by atoms with Crippen LogP contribution in [-0.4, -0.2) is 34.7 Å². The molecule has 0 fully saturated rings. The van der Waals surface area contributed by atoms with E-state index in [9.17, 15) is 18.0 Å². The summed E-state index contributed by atoms with van der Waals surface area (Å²) in [6, 6.07) is 13.9. The van der Waals surface area contributed by atoms with Gasteiger partial charge in [-0.2, -0.15) is 0 Å². The Bertz CT molecular complexity index is 1560. The van der Waals surface area contributed by atoms with Gasteiger partial charge in [0.25, 0.3) is 5.91 Å². The number of hydrogen-bond acceptors (Lipinski definition) is 4. The van der Waals surface area contributed by atoms with Crippen molar-refractivity contribution >= 4 is 34.4 Å². The monoisotopic (exact) mass is 558 g/mol. The first-order valence-corrected chi connectivity index (χ1v) is 12.5. The average Bonchev–Trinajstić information content (AvgIpc) is 3.22. The zero-order chi connectivity index (χ0) is 27.7. The molecule has 11 heteroatoms. The average molecular weight is 559 g/mol. The molecule has 1 amide bonds. The Kier molecular flexibility index (Phi) is 7.22. The van der Waals surface area contributed by atoms with E-state index in [0.29, 0.717) is 52.8 Å². The van der Waals surface area contributed by atoms with Gasteiger partial charge in [0.15, 0.2) is 0 Å². The van der Waals surface area contributed by atoms with Gasteiger partial charge in [-0.1, -0.05) is 35.9 Å². The van der Waals surface area contributed by atoms with Crippen molar-refractivity contribution in [2.75, 3.05) is 18.0 Å². The predicted molar refractivity (Wildman–Crippen MR) is 140 cm³/mol. The lowest BCUT2D eigenvalue weighted by Crippen LogP contribution is -2.29. The number of rotatable bonds is 6. The summed E-state index contributed by atoms with van der Waals surface area (Å²) in [6.07, 6.45) is -0.528. The molecule has 0 bridgehead atoms. The Labute approximate surface area is 226 Å². The first kappa shape index (κ1) is 26.6. The third-order valence-corrected chi connectivity index (χ3v) is 6.69. The van der Waals surface area contributed by atoms with E-state index in [1.165, 1.54) is 18.2 Å². The predicted octanol–water partition coefficient (Wildman–Crippen LogP) is 6.56. The number of fused-ring (bicyclic) bond motifs is 1. The van der Waals surface area contributed by atoms with Crippen LogP contribution in [0.3, 0.4) is 0 Å². The van der Waals surface area contributed by atoms with E-state index < -0.39 is 12.2 Å². The fourth-order valence-electron chi connectivity index (χ4n) is 4.61. The van der Waals surface area contributed by atoms with Gasteiger partial charge in [-0.05, 0) is 60.4 Å². The number of anilines is 1. The Hall–Kier alpha value is -4.05. The zero-order valence-corrected chi connectivity index (χ0v) is 21.5. The van der Waals surface area contributed by atoms with Crippen LogP contribution >= 0.6 is 11.6 Å². The first-order valence-electron chi connectivity index (χ1n) is 12.1. The molecule has 0 unspecified atom stereocenters. The number of halogens is 5. The molecule has 1 aliphatic rings. The molecule has 2 aromatic heterocycles. The SMILES string of the molecule is Cc1nc2cc(Cl)ccn2c1C(=O)NCc1ccc(N2CC=C(c3ccc(OC(F)(F)F)cc3)CC2)c(F)c1. The number of nitrogens with zero attached hydrogens (tertiary/aromatic N) is 3. The van der Waals surface area contributed by atoms with Gasteiger partial charge >= 0.3 is 6.36 Å². The number of ether oxygens (including phenoxy) is 1. The Morgan fingerprint density at radius 3 is 2.56 bits per heavy atom. The maximum absolute atomic E-state index is 15.0. The molecule has 1 aliphatic heterocycles. The second kappa shape index (κ2) is 10.6. The zero-order valence-electron chi connectivity index (χ0n) is 20.7. The molecular weight excluding hydrogens is 536 g/mol. The highest BCUT2D eigenvalue weighted by atomic mass is 35.5. The highest BCUT2D eigenvalue weighted by Gasteiger charge is 2.31. The molecular formula is C28H23ClF4N4O2. The second-order valence-electron chi connectivity index (χ2n) is 9.08. The van der Waals surface area contributed by atoms with Crippen LogP contribution in [0.25, 0.3) is 11.2 Å².